The van der Waals surface area contributed by atoms with Crippen LogP contribution in [0.5, 0.6) is 0 Å². The van der Waals surface area contributed by atoms with Gasteiger partial charge in [-0.1, -0.05) is 19.3 Å². The molecule has 1 fully saturated rings. The van der Waals surface area contributed by atoms with Gasteiger partial charge in [0.2, 0.25) is 17.7 Å². The molecule has 0 aliphatic heterocycles. The van der Waals surface area contributed by atoms with E-state index in [1.165, 1.54) is 6.42 Å². The van der Waals surface area contributed by atoms with Crippen molar-refractivity contribution in [1.29, 1.82) is 0 Å². The molecule has 1 heterocycles. The van der Waals surface area contributed by atoms with Crippen LogP contribution in [0.15, 0.2) is 0 Å². The Hall–Kier alpha value is -1.60. The van der Waals surface area contributed by atoms with E-state index in [1.54, 1.807) is 5.10 Å². The Kier molecular flexibility index (Phi) is 4.06. The summed E-state index contributed by atoms with van der Waals surface area (Å²) < 4.78 is 36.8. The van der Waals surface area contributed by atoms with E-state index in [-0.39, 0.29) is 11.9 Å². The molecule has 0 aromatic carbocycles. The average molecular weight is 276 g/mol. The predicted octanol–water partition coefficient (Wildman–Crippen LogP) is 2.73. The molecule has 1 aliphatic rings. The number of rotatable bonds is 3. The predicted molar refractivity (Wildman–Crippen MR) is 61.2 cm³/mol. The molecule has 1 amide bonds. The number of H-pyrrole nitrogens is 1. The second-order valence-electron chi connectivity index (χ2n) is 4.76. The molecule has 0 atom stereocenters. The van der Waals surface area contributed by atoms with Crippen LogP contribution in [0.4, 0.5) is 19.1 Å². The first-order valence-corrected chi connectivity index (χ1v) is 6.24. The monoisotopic (exact) mass is 276 g/mol. The topological polar surface area (TPSA) is 70.7 Å². The molecular formula is C11H15F3N4O. The van der Waals surface area contributed by atoms with Crippen molar-refractivity contribution < 1.29 is 18.0 Å². The van der Waals surface area contributed by atoms with Crippen LogP contribution in [0.25, 0.3) is 0 Å². The van der Waals surface area contributed by atoms with Crippen LogP contribution in [0.1, 0.15) is 44.3 Å². The molecule has 8 heteroatoms. The Balaban J connectivity index is 1.86. The lowest BCUT2D eigenvalue weighted by Gasteiger charge is -2.20. The summed E-state index contributed by atoms with van der Waals surface area (Å²) in [5.74, 6) is -1.55. The van der Waals surface area contributed by atoms with Gasteiger partial charge in [-0.2, -0.15) is 18.2 Å². The van der Waals surface area contributed by atoms with Crippen molar-refractivity contribution in [2.45, 2.75) is 44.7 Å². The number of nitrogens with one attached hydrogen (secondary N) is 2. The molecule has 1 aromatic heterocycles. The number of amides is 1. The van der Waals surface area contributed by atoms with Gasteiger partial charge in [-0.3, -0.25) is 15.2 Å². The number of hydrogen-bond acceptors (Lipinski definition) is 3. The fourth-order valence-corrected chi connectivity index (χ4v) is 2.27. The highest BCUT2D eigenvalue weighted by Crippen LogP contribution is 2.27. The molecule has 1 aliphatic carbocycles. The summed E-state index contributed by atoms with van der Waals surface area (Å²) in [4.78, 5) is 14.8. The summed E-state index contributed by atoms with van der Waals surface area (Å²) in [5, 5.41) is 7.37. The summed E-state index contributed by atoms with van der Waals surface area (Å²) in [7, 11) is 0. The maximum absolute atomic E-state index is 12.3. The summed E-state index contributed by atoms with van der Waals surface area (Å²) in [6, 6.07) is 0. The lowest BCUT2D eigenvalue weighted by molar-refractivity contribution is -0.144. The zero-order valence-corrected chi connectivity index (χ0v) is 10.3. The number of carbonyl (C=O) groups is 1. The molecule has 0 saturated heterocycles. The number of aromatic amines is 1. The largest absolute Gasteiger partial charge is 0.451 e. The molecule has 0 spiro atoms. The van der Waals surface area contributed by atoms with Crippen LogP contribution in [0.3, 0.4) is 0 Å². The third kappa shape index (κ3) is 3.93. The fraction of sp³-hybridized carbons (Fsp3) is 0.727. The number of hydrogen-bond donors (Lipinski definition) is 2. The number of aromatic nitrogens is 3. The van der Waals surface area contributed by atoms with Gasteiger partial charge in [0.15, 0.2) is 0 Å². The van der Waals surface area contributed by atoms with Crippen molar-refractivity contribution in [2.24, 2.45) is 5.92 Å². The maximum Gasteiger partial charge on any atom is 0.451 e. The van der Waals surface area contributed by atoms with Crippen molar-refractivity contribution in [3.05, 3.63) is 5.82 Å². The SMILES string of the molecule is O=C(CC1CCCCC1)Nc1n[nH]c(C(F)(F)F)n1. The molecule has 0 unspecified atom stereocenters. The summed E-state index contributed by atoms with van der Waals surface area (Å²) >= 11 is 0. The summed E-state index contributed by atoms with van der Waals surface area (Å²) in [6.45, 7) is 0. The summed E-state index contributed by atoms with van der Waals surface area (Å²) in [6.07, 6.45) is 1.13. The zero-order valence-electron chi connectivity index (χ0n) is 10.3. The standard InChI is InChI=1S/C11H15F3N4O/c12-11(13,14)9-16-10(18-17-9)15-8(19)6-7-4-2-1-3-5-7/h7H,1-6H2,(H2,15,16,17,18,19). The van der Waals surface area contributed by atoms with Gasteiger partial charge >= 0.3 is 6.18 Å². The minimum atomic E-state index is -4.58. The third-order valence-corrected chi connectivity index (χ3v) is 3.20. The normalized spacial score (nSPS) is 17.4. The molecule has 0 radical (unpaired) electrons. The van der Waals surface area contributed by atoms with E-state index in [1.807, 2.05) is 0 Å². The molecule has 106 valence electrons. The van der Waals surface area contributed by atoms with Crippen LogP contribution in [0.2, 0.25) is 0 Å². The van der Waals surface area contributed by atoms with Crippen molar-refractivity contribution in [2.75, 3.05) is 5.32 Å². The van der Waals surface area contributed by atoms with Crippen LogP contribution in [0, 0.1) is 5.92 Å². The van der Waals surface area contributed by atoms with Gasteiger partial charge in [-0.25, -0.2) is 0 Å². The van der Waals surface area contributed by atoms with E-state index < -0.39 is 12.0 Å². The van der Waals surface area contributed by atoms with E-state index in [0.29, 0.717) is 12.3 Å². The smallest absolute Gasteiger partial charge is 0.293 e. The minimum Gasteiger partial charge on any atom is -0.293 e. The van der Waals surface area contributed by atoms with Gasteiger partial charge in [0.1, 0.15) is 0 Å². The number of alkyl halides is 3. The molecule has 1 aromatic rings. The quantitative estimate of drug-likeness (QED) is 0.891. The van der Waals surface area contributed by atoms with E-state index >= 15 is 0 Å². The van der Waals surface area contributed by atoms with Crippen LogP contribution < -0.4 is 5.32 Å². The van der Waals surface area contributed by atoms with Gasteiger partial charge < -0.3 is 0 Å². The molecule has 19 heavy (non-hydrogen) atoms. The highest BCUT2D eigenvalue weighted by Gasteiger charge is 2.35. The Bertz CT molecular complexity index is 437. The van der Waals surface area contributed by atoms with Crippen molar-refractivity contribution in [3.63, 3.8) is 0 Å². The van der Waals surface area contributed by atoms with E-state index in [0.717, 1.165) is 25.7 Å². The molecule has 2 N–H and O–H groups in total. The highest BCUT2D eigenvalue weighted by molar-refractivity contribution is 5.89. The molecule has 5 nitrogen and oxygen atoms in total. The Morgan fingerprint density at radius 3 is 2.58 bits per heavy atom. The number of halogens is 3. The van der Waals surface area contributed by atoms with E-state index in [2.05, 4.69) is 15.4 Å². The lowest BCUT2D eigenvalue weighted by atomic mass is 9.87. The first kappa shape index (κ1) is 13.8. The van der Waals surface area contributed by atoms with E-state index in [9.17, 15) is 18.0 Å². The van der Waals surface area contributed by atoms with Gasteiger partial charge in [0, 0.05) is 6.42 Å². The van der Waals surface area contributed by atoms with E-state index in [4.69, 9.17) is 0 Å². The number of anilines is 1. The van der Waals surface area contributed by atoms with Crippen LogP contribution in [-0.2, 0) is 11.0 Å². The molecular weight excluding hydrogens is 261 g/mol. The van der Waals surface area contributed by atoms with Gasteiger partial charge in [0.05, 0.1) is 0 Å². The summed E-state index contributed by atoms with van der Waals surface area (Å²) in [5.41, 5.74) is 0. The first-order valence-electron chi connectivity index (χ1n) is 6.24. The maximum atomic E-state index is 12.3. The van der Waals surface area contributed by atoms with Crippen LogP contribution >= 0.6 is 0 Å². The highest BCUT2D eigenvalue weighted by atomic mass is 19.4. The Labute approximate surface area is 108 Å². The molecule has 1 saturated carbocycles. The molecule has 0 bridgehead atoms. The van der Waals surface area contributed by atoms with Gasteiger partial charge in [0.25, 0.3) is 0 Å². The van der Waals surface area contributed by atoms with Crippen molar-refractivity contribution >= 4 is 11.9 Å². The Morgan fingerprint density at radius 1 is 1.32 bits per heavy atom. The fourth-order valence-electron chi connectivity index (χ4n) is 2.27. The Morgan fingerprint density at radius 2 is 2.00 bits per heavy atom. The number of carbonyl (C=O) groups excluding carboxylic acids is 1. The van der Waals surface area contributed by atoms with Gasteiger partial charge in [-0.15, -0.1) is 5.10 Å². The second-order valence-corrected chi connectivity index (χ2v) is 4.76. The van der Waals surface area contributed by atoms with Crippen LogP contribution in [-0.4, -0.2) is 21.1 Å². The van der Waals surface area contributed by atoms with Crippen molar-refractivity contribution in [1.82, 2.24) is 15.2 Å². The minimum absolute atomic E-state index is 0.315. The zero-order chi connectivity index (χ0) is 13.9. The lowest BCUT2D eigenvalue weighted by Crippen LogP contribution is -2.19. The molecule has 2 rings (SSSR count). The second kappa shape index (κ2) is 5.58. The average Bonchev–Trinajstić information content (AvgIpc) is 2.78. The third-order valence-electron chi connectivity index (χ3n) is 3.20. The first-order chi connectivity index (χ1) is 8.95. The number of nitrogens with zero attached hydrogens (tertiary/aromatic N) is 2. The van der Waals surface area contributed by atoms with Gasteiger partial charge in [-0.05, 0) is 18.8 Å². The van der Waals surface area contributed by atoms with Crippen molar-refractivity contribution in [3.8, 4) is 0 Å².